The molecule has 0 unspecified atom stereocenters. The first-order valence-electron chi connectivity index (χ1n) is 11.7. The number of carbonyl (C=O) groups excluding carboxylic acids is 2. The molecule has 4 N–H and O–H groups in total. The van der Waals surface area contributed by atoms with Crippen LogP contribution < -0.4 is 16.6 Å². The highest BCUT2D eigenvalue weighted by Gasteiger charge is 2.22. The molecule has 1 aliphatic heterocycles. The zero-order valence-electron chi connectivity index (χ0n) is 20.5. The predicted octanol–water partition coefficient (Wildman–Crippen LogP) is 1.82. The molecule has 0 aromatic carbocycles. The summed E-state index contributed by atoms with van der Waals surface area (Å²) in [6.07, 6.45) is 4.22. The fourth-order valence-electron chi connectivity index (χ4n) is 4.37. The van der Waals surface area contributed by atoms with Crippen LogP contribution >= 0.6 is 0 Å². The maximum absolute atomic E-state index is 13.3. The Morgan fingerprint density at radius 1 is 1.26 bits per heavy atom. The highest BCUT2D eigenvalue weighted by molar-refractivity contribution is 6.06. The third-order valence-corrected chi connectivity index (χ3v) is 6.29. The fraction of sp³-hybridized carbons (Fsp3) is 0.400. The summed E-state index contributed by atoms with van der Waals surface area (Å²) in [6, 6.07) is 3.70. The summed E-state index contributed by atoms with van der Waals surface area (Å²) in [5, 5.41) is 8.00. The molecule has 0 bridgehead atoms. The van der Waals surface area contributed by atoms with Crippen LogP contribution in [0.4, 0.5) is 0 Å². The van der Waals surface area contributed by atoms with Crippen molar-refractivity contribution in [2.45, 2.75) is 46.7 Å². The molecule has 0 aliphatic carbocycles. The third kappa shape index (κ3) is 4.88. The van der Waals surface area contributed by atoms with E-state index in [4.69, 9.17) is 10.7 Å². The van der Waals surface area contributed by atoms with Crippen molar-refractivity contribution in [3.8, 4) is 0 Å². The number of carbonyl (C=O) groups is 2. The zero-order valence-corrected chi connectivity index (χ0v) is 20.5. The van der Waals surface area contributed by atoms with E-state index in [1.54, 1.807) is 21.8 Å². The number of aromatic nitrogens is 4. The van der Waals surface area contributed by atoms with Gasteiger partial charge in [0.25, 0.3) is 11.5 Å². The second-order valence-electron chi connectivity index (χ2n) is 9.12. The predicted molar refractivity (Wildman–Crippen MR) is 134 cm³/mol. The van der Waals surface area contributed by atoms with Crippen LogP contribution in [-0.2, 0) is 11.3 Å². The van der Waals surface area contributed by atoms with Crippen molar-refractivity contribution in [3.63, 3.8) is 0 Å². The van der Waals surface area contributed by atoms with E-state index >= 15 is 0 Å². The van der Waals surface area contributed by atoms with Gasteiger partial charge in [0.2, 0.25) is 5.91 Å². The lowest BCUT2D eigenvalue weighted by Crippen LogP contribution is -2.38. The molecule has 4 heterocycles. The van der Waals surface area contributed by atoms with Gasteiger partial charge in [-0.15, -0.1) is 0 Å². The van der Waals surface area contributed by atoms with Crippen molar-refractivity contribution in [1.29, 1.82) is 0 Å². The Morgan fingerprint density at radius 2 is 2.03 bits per heavy atom. The lowest BCUT2D eigenvalue weighted by Gasteiger charge is -2.26. The number of amides is 2. The van der Waals surface area contributed by atoms with Crippen LogP contribution in [0.5, 0.6) is 0 Å². The van der Waals surface area contributed by atoms with Gasteiger partial charge in [0, 0.05) is 36.9 Å². The van der Waals surface area contributed by atoms with Crippen molar-refractivity contribution < 1.29 is 9.59 Å². The second kappa shape index (κ2) is 9.83. The first kappa shape index (κ1) is 24.3. The molecular weight excluding hydrogens is 446 g/mol. The molecule has 3 aromatic heterocycles. The van der Waals surface area contributed by atoms with E-state index in [1.807, 2.05) is 39.8 Å². The van der Waals surface area contributed by atoms with Crippen LogP contribution in [0.2, 0.25) is 0 Å². The van der Waals surface area contributed by atoms with Gasteiger partial charge in [0.05, 0.1) is 29.4 Å². The molecule has 1 aliphatic rings. The topological polar surface area (TPSA) is 139 Å². The van der Waals surface area contributed by atoms with Crippen molar-refractivity contribution >= 4 is 28.4 Å². The van der Waals surface area contributed by atoms with Crippen LogP contribution in [0.3, 0.4) is 0 Å². The highest BCUT2D eigenvalue weighted by Crippen LogP contribution is 2.27. The molecular formula is C25H31N7O3. The van der Waals surface area contributed by atoms with E-state index in [0.717, 1.165) is 16.8 Å². The fourth-order valence-corrected chi connectivity index (χ4v) is 4.37. The number of nitrogens with zero attached hydrogens (tertiary/aromatic N) is 4. The molecule has 0 radical (unpaired) electrons. The summed E-state index contributed by atoms with van der Waals surface area (Å²) in [5.41, 5.74) is 10.1. The van der Waals surface area contributed by atoms with Crippen LogP contribution in [0.25, 0.3) is 16.6 Å². The maximum atomic E-state index is 13.3. The minimum atomic E-state index is -0.308. The third-order valence-electron chi connectivity index (χ3n) is 6.29. The molecule has 35 heavy (non-hydrogen) atoms. The molecule has 0 atom stereocenters. The van der Waals surface area contributed by atoms with E-state index in [1.165, 1.54) is 0 Å². The highest BCUT2D eigenvalue weighted by atomic mass is 16.2. The summed E-state index contributed by atoms with van der Waals surface area (Å²) < 4.78 is 1.79. The number of aryl methyl sites for hydroxylation is 2. The maximum Gasteiger partial charge on any atom is 0.253 e. The standard InChI is InChI=1S/C25H31N7O3/c1-14(2)32-23-20(13-28-32)18(24(34)27-12-19-15(3)9-16(4)29-25(19)35)10-21(30-23)17-5-7-31(8-6-17)22(33)11-26/h5,9-10,13-14H,6-8,11-12,26H2,1-4H3,(H,27,34)(H,29,35). The lowest BCUT2D eigenvalue weighted by atomic mass is 10.0. The number of hydrogen-bond acceptors (Lipinski definition) is 6. The first-order chi connectivity index (χ1) is 16.7. The Bertz CT molecular complexity index is 1380. The van der Waals surface area contributed by atoms with Crippen LogP contribution in [-0.4, -0.2) is 56.1 Å². The van der Waals surface area contributed by atoms with Gasteiger partial charge in [-0.1, -0.05) is 6.08 Å². The van der Waals surface area contributed by atoms with Crippen molar-refractivity contribution in [3.05, 3.63) is 62.8 Å². The van der Waals surface area contributed by atoms with E-state index in [0.29, 0.717) is 47.4 Å². The minimum Gasteiger partial charge on any atom is -0.348 e. The van der Waals surface area contributed by atoms with Crippen LogP contribution in [0.1, 0.15) is 59.2 Å². The largest absolute Gasteiger partial charge is 0.348 e. The monoisotopic (exact) mass is 477 g/mol. The average Bonchev–Trinajstić information content (AvgIpc) is 3.26. The average molecular weight is 478 g/mol. The smallest absolute Gasteiger partial charge is 0.253 e. The van der Waals surface area contributed by atoms with Gasteiger partial charge in [-0.3, -0.25) is 14.4 Å². The van der Waals surface area contributed by atoms with E-state index in [9.17, 15) is 14.4 Å². The quantitative estimate of drug-likeness (QED) is 0.495. The Balaban J connectivity index is 1.69. The van der Waals surface area contributed by atoms with Gasteiger partial charge in [-0.2, -0.15) is 5.10 Å². The van der Waals surface area contributed by atoms with Gasteiger partial charge < -0.3 is 20.9 Å². The zero-order chi connectivity index (χ0) is 25.3. The summed E-state index contributed by atoms with van der Waals surface area (Å²) in [6.45, 7) is 8.77. The molecule has 10 nitrogen and oxygen atoms in total. The number of pyridine rings is 2. The van der Waals surface area contributed by atoms with Crippen LogP contribution in [0.15, 0.2) is 29.2 Å². The molecule has 0 saturated heterocycles. The summed E-state index contributed by atoms with van der Waals surface area (Å²) in [4.78, 5) is 47.0. The van der Waals surface area contributed by atoms with Gasteiger partial charge in [0.1, 0.15) is 0 Å². The van der Waals surface area contributed by atoms with Crippen molar-refractivity contribution in [1.82, 2.24) is 30.0 Å². The number of fused-ring (bicyclic) bond motifs is 1. The molecule has 0 fully saturated rings. The number of rotatable bonds is 6. The van der Waals surface area contributed by atoms with E-state index in [2.05, 4.69) is 15.4 Å². The number of aromatic amines is 1. The van der Waals surface area contributed by atoms with Gasteiger partial charge >= 0.3 is 0 Å². The van der Waals surface area contributed by atoms with Gasteiger partial charge in [-0.25, -0.2) is 9.67 Å². The molecule has 0 saturated carbocycles. The molecule has 0 spiro atoms. The molecule has 10 heteroatoms. The Morgan fingerprint density at radius 3 is 2.66 bits per heavy atom. The first-order valence-corrected chi connectivity index (χ1v) is 11.7. The molecule has 3 aromatic rings. The SMILES string of the molecule is Cc1cc(C)c(CNC(=O)c2cc(C3=CCN(C(=O)CN)CC3)nc3c2cnn3C(C)C)c(=O)[nH]1. The normalized spacial score (nSPS) is 13.9. The number of nitrogens with one attached hydrogen (secondary N) is 2. The number of H-pyrrole nitrogens is 1. The Hall–Kier alpha value is -3.79. The summed E-state index contributed by atoms with van der Waals surface area (Å²) >= 11 is 0. The molecule has 4 rings (SSSR count). The Labute approximate surface area is 203 Å². The lowest BCUT2D eigenvalue weighted by molar-refractivity contribution is -0.129. The van der Waals surface area contributed by atoms with Gasteiger partial charge in [0.15, 0.2) is 5.65 Å². The van der Waals surface area contributed by atoms with Crippen LogP contribution in [0, 0.1) is 13.8 Å². The van der Waals surface area contributed by atoms with E-state index in [-0.39, 0.29) is 36.5 Å². The molecule has 184 valence electrons. The minimum absolute atomic E-state index is 0.0193. The number of nitrogens with two attached hydrogens (primary N) is 1. The summed E-state index contributed by atoms with van der Waals surface area (Å²) in [7, 11) is 0. The van der Waals surface area contributed by atoms with Crippen molar-refractivity contribution in [2.24, 2.45) is 5.73 Å². The molecule has 2 amide bonds. The number of hydrogen-bond donors (Lipinski definition) is 3. The van der Waals surface area contributed by atoms with Gasteiger partial charge in [-0.05, 0) is 57.4 Å². The summed E-state index contributed by atoms with van der Waals surface area (Å²) in [5.74, 6) is -0.402. The van der Waals surface area contributed by atoms with Crippen molar-refractivity contribution in [2.75, 3.05) is 19.6 Å². The Kier molecular flexibility index (Phi) is 6.83. The van der Waals surface area contributed by atoms with E-state index < -0.39 is 0 Å². The second-order valence-corrected chi connectivity index (χ2v) is 9.12.